The van der Waals surface area contributed by atoms with Crippen molar-refractivity contribution >= 4 is 35.6 Å². The number of carbonyl (C=O) groups excluding carboxylic acids is 3. The van der Waals surface area contributed by atoms with Crippen molar-refractivity contribution in [2.45, 2.75) is 70.3 Å². The van der Waals surface area contributed by atoms with Gasteiger partial charge in [0.2, 0.25) is 17.7 Å². The number of rotatable bonds is 14. The highest BCUT2D eigenvalue weighted by atomic mass is 16.4. The van der Waals surface area contributed by atoms with Crippen LogP contribution < -0.4 is 21.7 Å². The minimum atomic E-state index is -1.75. The average molecular weight is 462 g/mol. The second-order valence-corrected chi connectivity index (χ2v) is 7.30. The summed E-state index contributed by atoms with van der Waals surface area (Å²) < 4.78 is 0. The molecule has 0 bridgehead atoms. The first-order valence-corrected chi connectivity index (χ1v) is 9.72. The van der Waals surface area contributed by atoms with Crippen molar-refractivity contribution in [1.82, 2.24) is 16.0 Å². The summed E-state index contributed by atoms with van der Waals surface area (Å²) in [6.45, 7) is 4.36. The minimum Gasteiger partial charge on any atom is -0.481 e. The van der Waals surface area contributed by atoms with Crippen LogP contribution in [0.5, 0.6) is 0 Å². The second-order valence-electron chi connectivity index (χ2n) is 7.30. The van der Waals surface area contributed by atoms with Crippen molar-refractivity contribution < 1.29 is 49.2 Å². The number of carbonyl (C=O) groups is 6. The Kier molecular flexibility index (Phi) is 11.9. The van der Waals surface area contributed by atoms with E-state index < -0.39 is 84.7 Å². The summed E-state index contributed by atoms with van der Waals surface area (Å²) in [4.78, 5) is 70.4. The van der Waals surface area contributed by atoms with Gasteiger partial charge in [-0.1, -0.05) is 20.3 Å². The number of aliphatic carboxylic acids is 3. The molecule has 0 spiro atoms. The lowest BCUT2D eigenvalue weighted by Crippen LogP contribution is -2.59. The van der Waals surface area contributed by atoms with E-state index in [1.165, 1.54) is 0 Å². The van der Waals surface area contributed by atoms with E-state index in [-0.39, 0.29) is 0 Å². The van der Waals surface area contributed by atoms with Crippen molar-refractivity contribution in [3.8, 4) is 0 Å². The number of aliphatic hydroxyl groups excluding tert-OH is 1. The van der Waals surface area contributed by atoms with E-state index in [9.17, 15) is 33.9 Å². The molecule has 0 saturated carbocycles. The van der Waals surface area contributed by atoms with Crippen molar-refractivity contribution in [2.75, 3.05) is 0 Å². The average Bonchev–Trinajstić information content (AvgIpc) is 2.66. The molecule has 0 aromatic heterocycles. The Morgan fingerprint density at radius 3 is 1.69 bits per heavy atom. The summed E-state index contributed by atoms with van der Waals surface area (Å²) in [6.07, 6.45) is -2.75. The van der Waals surface area contributed by atoms with Gasteiger partial charge in [0.25, 0.3) is 0 Å². The van der Waals surface area contributed by atoms with E-state index in [2.05, 4.69) is 10.6 Å². The van der Waals surface area contributed by atoms with Crippen LogP contribution in [0.25, 0.3) is 0 Å². The number of aliphatic hydroxyl groups is 1. The monoisotopic (exact) mass is 462 g/mol. The fraction of sp³-hybridized carbons (Fsp3) is 0.667. The van der Waals surface area contributed by atoms with Gasteiger partial charge in [0, 0.05) is 0 Å². The minimum absolute atomic E-state index is 0.367. The zero-order chi connectivity index (χ0) is 25.2. The Balaban J connectivity index is 5.59. The Bertz CT molecular complexity index is 727. The lowest BCUT2D eigenvalue weighted by molar-refractivity contribution is -0.146. The molecule has 9 N–H and O–H groups in total. The molecule has 14 nitrogen and oxygen atoms in total. The third-order valence-corrected chi connectivity index (χ3v) is 4.58. The molecule has 32 heavy (non-hydrogen) atoms. The SMILES string of the molecule is CCC(C)C(NC(=O)C(N)CC(=O)O)C(=O)NC(CC(=O)O)C(=O)NC(C(=O)O)C(C)O. The molecule has 0 heterocycles. The molecular weight excluding hydrogens is 432 g/mol. The van der Waals surface area contributed by atoms with E-state index in [1.807, 2.05) is 5.32 Å². The summed E-state index contributed by atoms with van der Waals surface area (Å²) >= 11 is 0. The van der Waals surface area contributed by atoms with Crippen LogP contribution in [0.3, 0.4) is 0 Å². The van der Waals surface area contributed by atoms with Gasteiger partial charge in [-0.05, 0) is 12.8 Å². The third-order valence-electron chi connectivity index (χ3n) is 4.58. The molecule has 0 saturated heterocycles. The van der Waals surface area contributed by atoms with Crippen molar-refractivity contribution in [3.63, 3.8) is 0 Å². The highest BCUT2D eigenvalue weighted by molar-refractivity contribution is 5.96. The lowest BCUT2D eigenvalue weighted by Gasteiger charge is -2.27. The van der Waals surface area contributed by atoms with Gasteiger partial charge in [0.05, 0.1) is 25.0 Å². The van der Waals surface area contributed by atoms with E-state index in [1.54, 1.807) is 13.8 Å². The standard InChI is InChI=1S/C18H30N4O10/c1-4-7(2)13(21-15(28)9(19)5-11(24)25)17(30)20-10(6-12(26)27)16(29)22-14(8(3)23)18(31)32/h7-10,13-14,23H,4-6,19H2,1-3H3,(H,20,30)(H,21,28)(H,22,29)(H,24,25)(H,26,27)(H,31,32). The molecular formula is C18H30N4O10. The Hall–Kier alpha value is -3.26. The Morgan fingerprint density at radius 2 is 1.28 bits per heavy atom. The van der Waals surface area contributed by atoms with Crippen LogP contribution in [-0.4, -0.2) is 86.3 Å². The van der Waals surface area contributed by atoms with Crippen molar-refractivity contribution in [2.24, 2.45) is 11.7 Å². The highest BCUT2D eigenvalue weighted by Crippen LogP contribution is 2.10. The number of carboxylic acid groups (broad SMARTS) is 3. The molecule has 0 aromatic rings. The van der Waals surface area contributed by atoms with Crippen LogP contribution in [0.4, 0.5) is 0 Å². The Morgan fingerprint density at radius 1 is 0.781 bits per heavy atom. The van der Waals surface area contributed by atoms with Crippen LogP contribution >= 0.6 is 0 Å². The van der Waals surface area contributed by atoms with Gasteiger partial charge >= 0.3 is 17.9 Å². The first-order valence-electron chi connectivity index (χ1n) is 9.72. The normalized spacial score (nSPS) is 16.4. The number of carboxylic acids is 3. The largest absolute Gasteiger partial charge is 0.481 e. The van der Waals surface area contributed by atoms with Gasteiger partial charge < -0.3 is 42.1 Å². The fourth-order valence-corrected chi connectivity index (χ4v) is 2.53. The molecule has 182 valence electrons. The zero-order valence-electron chi connectivity index (χ0n) is 17.9. The Labute approximate surface area is 183 Å². The molecule has 0 rings (SSSR count). The molecule has 6 atom stereocenters. The van der Waals surface area contributed by atoms with Crippen molar-refractivity contribution in [1.29, 1.82) is 0 Å². The number of hydrogen-bond acceptors (Lipinski definition) is 8. The molecule has 0 aliphatic rings. The number of nitrogens with one attached hydrogen (secondary N) is 3. The van der Waals surface area contributed by atoms with E-state index in [4.69, 9.17) is 21.1 Å². The van der Waals surface area contributed by atoms with Crippen LogP contribution in [0.15, 0.2) is 0 Å². The maximum absolute atomic E-state index is 12.8. The van der Waals surface area contributed by atoms with Gasteiger partial charge in [0.15, 0.2) is 6.04 Å². The van der Waals surface area contributed by atoms with Crippen LogP contribution in [0.1, 0.15) is 40.0 Å². The zero-order valence-corrected chi connectivity index (χ0v) is 17.9. The summed E-state index contributed by atoms with van der Waals surface area (Å²) in [5.74, 6) is -7.98. The number of hydrogen-bond donors (Lipinski definition) is 8. The summed E-state index contributed by atoms with van der Waals surface area (Å²) in [6, 6.07) is -6.22. The highest BCUT2D eigenvalue weighted by Gasteiger charge is 2.34. The predicted octanol–water partition coefficient (Wildman–Crippen LogP) is -2.77. The van der Waals surface area contributed by atoms with Crippen molar-refractivity contribution in [3.05, 3.63) is 0 Å². The number of amides is 3. The molecule has 3 amide bonds. The smallest absolute Gasteiger partial charge is 0.328 e. The lowest BCUT2D eigenvalue weighted by atomic mass is 9.97. The molecule has 0 aliphatic heterocycles. The molecule has 0 aromatic carbocycles. The maximum atomic E-state index is 12.8. The third kappa shape index (κ3) is 9.70. The summed E-state index contributed by atoms with van der Waals surface area (Å²) in [5.41, 5.74) is 5.49. The molecule has 0 aliphatic carbocycles. The quantitative estimate of drug-likeness (QED) is 0.131. The first-order chi connectivity index (χ1) is 14.7. The first kappa shape index (κ1) is 28.7. The van der Waals surface area contributed by atoms with Gasteiger partial charge in [-0.3, -0.25) is 24.0 Å². The van der Waals surface area contributed by atoms with Gasteiger partial charge in [-0.2, -0.15) is 0 Å². The summed E-state index contributed by atoms with van der Waals surface area (Å²) in [7, 11) is 0. The summed E-state index contributed by atoms with van der Waals surface area (Å²) in [5, 5.41) is 42.7. The fourth-order valence-electron chi connectivity index (χ4n) is 2.53. The molecule has 0 radical (unpaired) electrons. The van der Waals surface area contributed by atoms with Crippen LogP contribution in [-0.2, 0) is 28.8 Å². The molecule has 6 unspecified atom stereocenters. The van der Waals surface area contributed by atoms with E-state index in [0.29, 0.717) is 6.42 Å². The van der Waals surface area contributed by atoms with Gasteiger partial charge in [-0.25, -0.2) is 4.79 Å². The second kappa shape index (κ2) is 13.2. The maximum Gasteiger partial charge on any atom is 0.328 e. The van der Waals surface area contributed by atoms with Gasteiger partial charge in [0.1, 0.15) is 12.1 Å². The van der Waals surface area contributed by atoms with E-state index in [0.717, 1.165) is 6.92 Å². The van der Waals surface area contributed by atoms with Gasteiger partial charge in [-0.15, -0.1) is 0 Å². The topological polar surface area (TPSA) is 245 Å². The predicted molar refractivity (Wildman–Crippen MR) is 107 cm³/mol. The van der Waals surface area contributed by atoms with E-state index >= 15 is 0 Å². The van der Waals surface area contributed by atoms with Crippen LogP contribution in [0, 0.1) is 5.92 Å². The molecule has 14 heteroatoms. The molecule has 0 fully saturated rings. The van der Waals surface area contributed by atoms with Crippen LogP contribution in [0.2, 0.25) is 0 Å². The number of nitrogens with two attached hydrogens (primary N) is 1.